The number of carboxylic acid groups (broad SMARTS) is 2. The number of hydrogen-bond donors (Lipinski definition) is 2. The van der Waals surface area contributed by atoms with Crippen LogP contribution in [-0.2, 0) is 12.8 Å². The Morgan fingerprint density at radius 2 is 1.17 bits per heavy atom. The van der Waals surface area contributed by atoms with Crippen molar-refractivity contribution in [2.24, 2.45) is 0 Å². The van der Waals surface area contributed by atoms with E-state index in [-0.39, 0.29) is 11.1 Å². The van der Waals surface area contributed by atoms with E-state index in [4.69, 9.17) is 0 Å². The molecule has 0 saturated carbocycles. The van der Waals surface area contributed by atoms with Crippen LogP contribution in [0, 0.1) is 0 Å². The van der Waals surface area contributed by atoms with Crippen LogP contribution in [0.5, 0.6) is 0 Å². The number of carbonyl (C=O) groups is 2. The molecule has 0 heterocycles. The second-order valence-electron chi connectivity index (χ2n) is 5.51. The van der Waals surface area contributed by atoms with Crippen molar-refractivity contribution in [3.63, 3.8) is 0 Å². The molecule has 0 aliphatic carbocycles. The summed E-state index contributed by atoms with van der Waals surface area (Å²) in [5.74, 6) is -2.06. The first-order chi connectivity index (χ1) is 10.9. The van der Waals surface area contributed by atoms with E-state index in [0.717, 1.165) is 32.1 Å². The number of benzene rings is 1. The first-order valence-corrected chi connectivity index (χ1v) is 9.44. The summed E-state index contributed by atoms with van der Waals surface area (Å²) in [4.78, 5) is 23.5. The lowest BCUT2D eigenvalue weighted by atomic mass is 9.92. The highest BCUT2D eigenvalue weighted by Crippen LogP contribution is 2.37. The molecule has 128 valence electrons. The molecular weight excluding hydrogens is 428 g/mol. The molecule has 1 aromatic rings. The zero-order chi connectivity index (χ0) is 17.6. The quantitative estimate of drug-likeness (QED) is 0.475. The van der Waals surface area contributed by atoms with Crippen LogP contribution in [-0.4, -0.2) is 22.2 Å². The predicted octanol–water partition coefficient (Wildman–Crippen LogP) is 5.68. The molecule has 23 heavy (non-hydrogen) atoms. The van der Waals surface area contributed by atoms with Gasteiger partial charge in [0, 0.05) is 8.95 Å². The largest absolute Gasteiger partial charge is 0.478 e. The fourth-order valence-corrected chi connectivity index (χ4v) is 4.22. The maximum absolute atomic E-state index is 11.7. The smallest absolute Gasteiger partial charge is 0.337 e. The van der Waals surface area contributed by atoms with Crippen LogP contribution in [0.3, 0.4) is 0 Å². The Morgan fingerprint density at radius 3 is 1.52 bits per heavy atom. The van der Waals surface area contributed by atoms with Crippen molar-refractivity contribution in [1.82, 2.24) is 0 Å². The topological polar surface area (TPSA) is 74.6 Å². The Bertz CT molecular complexity index is 597. The van der Waals surface area contributed by atoms with Gasteiger partial charge in [-0.2, -0.15) is 0 Å². The van der Waals surface area contributed by atoms with Crippen molar-refractivity contribution in [2.75, 3.05) is 0 Å². The van der Waals surface area contributed by atoms with Gasteiger partial charge >= 0.3 is 11.9 Å². The minimum Gasteiger partial charge on any atom is -0.478 e. The van der Waals surface area contributed by atoms with Crippen LogP contribution >= 0.6 is 31.9 Å². The van der Waals surface area contributed by atoms with Gasteiger partial charge in [-0.3, -0.25) is 0 Å². The molecule has 0 aromatic heterocycles. The van der Waals surface area contributed by atoms with Gasteiger partial charge in [0.2, 0.25) is 0 Å². The Hall–Kier alpha value is -0.880. The molecule has 0 bridgehead atoms. The highest BCUT2D eigenvalue weighted by Gasteiger charge is 2.27. The number of hydrogen-bond acceptors (Lipinski definition) is 2. The van der Waals surface area contributed by atoms with E-state index < -0.39 is 11.9 Å². The minimum atomic E-state index is -1.03. The summed E-state index contributed by atoms with van der Waals surface area (Å²) in [6, 6.07) is 0. The Balaban J connectivity index is 3.56. The molecule has 0 spiro atoms. The van der Waals surface area contributed by atoms with Crippen molar-refractivity contribution in [3.05, 3.63) is 31.2 Å². The van der Waals surface area contributed by atoms with Crippen LogP contribution < -0.4 is 0 Å². The monoisotopic (exact) mass is 448 g/mol. The van der Waals surface area contributed by atoms with Crippen LogP contribution in [0.2, 0.25) is 0 Å². The van der Waals surface area contributed by atoms with Crippen molar-refractivity contribution in [3.8, 4) is 0 Å². The molecule has 0 radical (unpaired) electrons. The molecule has 0 fully saturated rings. The lowest BCUT2D eigenvalue weighted by molar-refractivity contribution is 0.0677. The summed E-state index contributed by atoms with van der Waals surface area (Å²) in [6.07, 6.45) is 5.61. The van der Waals surface area contributed by atoms with Gasteiger partial charge in [0.1, 0.15) is 0 Å². The van der Waals surface area contributed by atoms with Crippen molar-refractivity contribution in [1.29, 1.82) is 0 Å². The van der Waals surface area contributed by atoms with E-state index in [1.165, 1.54) is 0 Å². The summed E-state index contributed by atoms with van der Waals surface area (Å²) in [7, 11) is 0. The van der Waals surface area contributed by atoms with Gasteiger partial charge in [0.05, 0.1) is 11.1 Å². The van der Waals surface area contributed by atoms with Gasteiger partial charge in [0.25, 0.3) is 0 Å². The normalized spacial score (nSPS) is 10.8. The van der Waals surface area contributed by atoms with Crippen molar-refractivity contribution >= 4 is 43.8 Å². The van der Waals surface area contributed by atoms with Gasteiger partial charge in [0.15, 0.2) is 0 Å². The third-order valence-electron chi connectivity index (χ3n) is 3.81. The summed E-state index contributed by atoms with van der Waals surface area (Å²) in [5.41, 5.74) is 1.49. The standard InChI is InChI=1S/C17H22Br2O4/c1-3-5-7-9-11-13(17(22)23)14(18)10(8-6-4-2)12(15(11)19)16(20)21/h3-9H2,1-2H3,(H,20,21)(H,22,23). The zero-order valence-electron chi connectivity index (χ0n) is 13.4. The second kappa shape index (κ2) is 9.42. The molecule has 2 N–H and O–H groups in total. The van der Waals surface area contributed by atoms with Crippen LogP contribution in [0.15, 0.2) is 8.95 Å². The van der Waals surface area contributed by atoms with Crippen LogP contribution in [0.4, 0.5) is 0 Å². The van der Waals surface area contributed by atoms with Gasteiger partial charge in [-0.1, -0.05) is 33.1 Å². The lowest BCUT2D eigenvalue weighted by Gasteiger charge is -2.18. The Kier molecular flexibility index (Phi) is 8.26. The third-order valence-corrected chi connectivity index (χ3v) is 5.56. The van der Waals surface area contributed by atoms with E-state index >= 15 is 0 Å². The highest BCUT2D eigenvalue weighted by atomic mass is 79.9. The Morgan fingerprint density at radius 1 is 0.783 bits per heavy atom. The van der Waals surface area contributed by atoms with Crippen LogP contribution in [0.1, 0.15) is 77.8 Å². The third kappa shape index (κ3) is 4.80. The highest BCUT2D eigenvalue weighted by molar-refractivity contribution is 9.11. The first kappa shape index (κ1) is 20.2. The first-order valence-electron chi connectivity index (χ1n) is 7.85. The van der Waals surface area contributed by atoms with Crippen molar-refractivity contribution < 1.29 is 19.8 Å². The fourth-order valence-electron chi connectivity index (χ4n) is 2.61. The summed E-state index contributed by atoms with van der Waals surface area (Å²) < 4.78 is 0.818. The van der Waals surface area contributed by atoms with Gasteiger partial charge in [-0.15, -0.1) is 0 Å². The summed E-state index contributed by atoms with van der Waals surface area (Å²) in [5, 5.41) is 19.2. The zero-order valence-corrected chi connectivity index (χ0v) is 16.6. The van der Waals surface area contributed by atoms with Gasteiger partial charge < -0.3 is 10.2 Å². The SMILES string of the molecule is CCCCCc1c(Br)c(C(=O)O)c(CCCC)c(Br)c1C(=O)O. The van der Waals surface area contributed by atoms with Gasteiger partial charge in [-0.25, -0.2) is 9.59 Å². The number of carboxylic acids is 2. The minimum absolute atomic E-state index is 0.182. The Labute approximate surface area is 153 Å². The number of aromatic carboxylic acids is 2. The van der Waals surface area contributed by atoms with E-state index in [2.05, 4.69) is 38.8 Å². The molecule has 1 rings (SSSR count). The molecule has 0 aliphatic rings. The molecular formula is C17H22Br2O4. The molecule has 1 aromatic carbocycles. The number of rotatable bonds is 9. The molecule has 0 aliphatic heterocycles. The van der Waals surface area contributed by atoms with E-state index in [1.54, 1.807) is 0 Å². The average Bonchev–Trinajstić information content (AvgIpc) is 2.48. The van der Waals surface area contributed by atoms with E-state index in [1.807, 2.05) is 6.92 Å². The molecule has 0 amide bonds. The second-order valence-corrected chi connectivity index (χ2v) is 7.09. The number of halogens is 2. The summed E-state index contributed by atoms with van der Waals surface area (Å²) >= 11 is 6.73. The van der Waals surface area contributed by atoms with Crippen LogP contribution in [0.25, 0.3) is 0 Å². The van der Waals surface area contributed by atoms with Crippen molar-refractivity contribution in [2.45, 2.75) is 58.8 Å². The predicted molar refractivity (Wildman–Crippen MR) is 97.6 cm³/mol. The lowest BCUT2D eigenvalue weighted by Crippen LogP contribution is -2.14. The van der Waals surface area contributed by atoms with E-state index in [0.29, 0.717) is 32.9 Å². The van der Waals surface area contributed by atoms with Gasteiger partial charge in [-0.05, 0) is 68.7 Å². The summed E-state index contributed by atoms with van der Waals surface area (Å²) in [6.45, 7) is 4.08. The maximum Gasteiger partial charge on any atom is 0.337 e. The molecule has 6 heteroatoms. The van der Waals surface area contributed by atoms with E-state index in [9.17, 15) is 19.8 Å². The molecule has 0 saturated heterocycles. The maximum atomic E-state index is 11.7. The molecule has 4 nitrogen and oxygen atoms in total. The number of unbranched alkanes of at least 4 members (excludes halogenated alkanes) is 3. The fraction of sp³-hybridized carbons (Fsp3) is 0.529. The molecule has 0 atom stereocenters. The molecule has 0 unspecified atom stereocenters. The average molecular weight is 450 g/mol.